The zero-order valence-corrected chi connectivity index (χ0v) is 9.96. The summed E-state index contributed by atoms with van der Waals surface area (Å²) < 4.78 is 4.93. The van der Waals surface area contributed by atoms with Gasteiger partial charge in [0.15, 0.2) is 0 Å². The Kier molecular flexibility index (Phi) is 3.51. The van der Waals surface area contributed by atoms with Crippen LogP contribution in [0.3, 0.4) is 0 Å². The number of carbonyl (C=O) groups is 2. The predicted octanol–water partition coefficient (Wildman–Crippen LogP) is 0.234. The fourth-order valence-electron chi connectivity index (χ4n) is 2.30. The molecule has 0 spiro atoms. The Hall–Kier alpha value is -1.30. The molecule has 1 N–H and O–H groups in total. The molecule has 2 fully saturated rings. The molecule has 1 heterocycles. The molecule has 1 amide bonds. The zero-order chi connectivity index (χ0) is 12.4. The van der Waals surface area contributed by atoms with Crippen LogP contribution in [0.15, 0.2) is 0 Å². The van der Waals surface area contributed by atoms with Gasteiger partial charge in [0, 0.05) is 32.2 Å². The first-order chi connectivity index (χ1) is 8.13. The summed E-state index contributed by atoms with van der Waals surface area (Å²) in [4.78, 5) is 26.1. The second kappa shape index (κ2) is 4.91. The minimum Gasteiger partial charge on any atom is -0.481 e. The molecule has 2 atom stereocenters. The molecule has 0 aromatic heterocycles. The number of carboxylic acid groups (broad SMARTS) is 1. The van der Waals surface area contributed by atoms with Crippen molar-refractivity contribution in [1.29, 1.82) is 0 Å². The summed E-state index contributed by atoms with van der Waals surface area (Å²) in [6.45, 7) is 4.92. The minimum absolute atomic E-state index is 0.178. The smallest absolute Gasteiger partial charge is 0.409 e. The number of carbonyl (C=O) groups excluding carboxylic acids is 1. The van der Waals surface area contributed by atoms with Crippen LogP contribution in [-0.2, 0) is 9.53 Å². The number of rotatable bonds is 3. The van der Waals surface area contributed by atoms with Gasteiger partial charge in [-0.3, -0.25) is 9.69 Å². The van der Waals surface area contributed by atoms with E-state index in [1.807, 2.05) is 0 Å². The van der Waals surface area contributed by atoms with E-state index < -0.39 is 5.97 Å². The fourth-order valence-corrected chi connectivity index (χ4v) is 2.30. The van der Waals surface area contributed by atoms with Gasteiger partial charge in [-0.1, -0.05) is 0 Å². The Morgan fingerprint density at radius 1 is 1.29 bits per heavy atom. The van der Waals surface area contributed by atoms with Crippen LogP contribution in [0.25, 0.3) is 0 Å². The van der Waals surface area contributed by atoms with E-state index in [9.17, 15) is 9.59 Å². The van der Waals surface area contributed by atoms with Gasteiger partial charge in [-0.25, -0.2) is 4.79 Å². The largest absolute Gasteiger partial charge is 0.481 e. The highest BCUT2D eigenvalue weighted by Crippen LogP contribution is 2.36. The predicted molar refractivity (Wildman–Crippen MR) is 59.7 cm³/mol. The lowest BCUT2D eigenvalue weighted by Gasteiger charge is -2.34. The van der Waals surface area contributed by atoms with Crippen LogP contribution in [0.4, 0.5) is 4.79 Å². The minimum atomic E-state index is -0.706. The van der Waals surface area contributed by atoms with Gasteiger partial charge in [0.05, 0.1) is 12.5 Å². The molecule has 2 aliphatic rings. The highest BCUT2D eigenvalue weighted by Gasteiger charge is 2.47. The number of hydrogen-bond donors (Lipinski definition) is 1. The van der Waals surface area contributed by atoms with Crippen molar-refractivity contribution < 1.29 is 19.4 Å². The standard InChI is InChI=1S/C11H18N2O4/c1-2-17-11(16)13-5-3-12(4-6-13)9-7-8(9)10(14)15/h8-9H,2-7H2,1H3,(H,14,15). The molecule has 0 aromatic carbocycles. The molecule has 17 heavy (non-hydrogen) atoms. The van der Waals surface area contributed by atoms with E-state index in [-0.39, 0.29) is 18.1 Å². The Labute approximate surface area is 100 Å². The molecule has 2 rings (SSSR count). The molecule has 1 saturated carbocycles. The van der Waals surface area contributed by atoms with Crippen molar-refractivity contribution >= 4 is 12.1 Å². The van der Waals surface area contributed by atoms with Crippen molar-refractivity contribution in [1.82, 2.24) is 9.80 Å². The lowest BCUT2D eigenvalue weighted by Crippen LogP contribution is -2.50. The molecule has 0 bridgehead atoms. The summed E-state index contributed by atoms with van der Waals surface area (Å²) in [6, 6.07) is 0.178. The summed E-state index contributed by atoms with van der Waals surface area (Å²) in [5.41, 5.74) is 0. The molecule has 6 nitrogen and oxygen atoms in total. The van der Waals surface area contributed by atoms with Gasteiger partial charge >= 0.3 is 12.1 Å². The van der Waals surface area contributed by atoms with Gasteiger partial charge in [0.2, 0.25) is 0 Å². The van der Waals surface area contributed by atoms with Gasteiger partial charge in [0.1, 0.15) is 0 Å². The van der Waals surface area contributed by atoms with Crippen molar-refractivity contribution in [3.63, 3.8) is 0 Å². The van der Waals surface area contributed by atoms with Gasteiger partial charge < -0.3 is 14.7 Å². The summed E-state index contributed by atoms with van der Waals surface area (Å²) in [5.74, 6) is -0.910. The average Bonchev–Trinajstić information content (AvgIpc) is 3.09. The Bertz CT molecular complexity index is 313. The third kappa shape index (κ3) is 2.69. The summed E-state index contributed by atoms with van der Waals surface area (Å²) in [7, 11) is 0. The first-order valence-corrected chi connectivity index (χ1v) is 6.02. The maximum atomic E-state index is 11.5. The third-order valence-electron chi connectivity index (χ3n) is 3.38. The number of aliphatic carboxylic acids is 1. The van der Waals surface area contributed by atoms with E-state index in [4.69, 9.17) is 9.84 Å². The lowest BCUT2D eigenvalue weighted by molar-refractivity contribution is -0.139. The molecule has 0 aromatic rings. The monoisotopic (exact) mass is 242 g/mol. The third-order valence-corrected chi connectivity index (χ3v) is 3.38. The van der Waals surface area contributed by atoms with E-state index in [1.54, 1.807) is 11.8 Å². The second-order valence-corrected chi connectivity index (χ2v) is 4.47. The van der Waals surface area contributed by atoms with E-state index in [0.717, 1.165) is 19.5 Å². The Morgan fingerprint density at radius 3 is 2.41 bits per heavy atom. The van der Waals surface area contributed by atoms with Crippen LogP contribution in [0.5, 0.6) is 0 Å². The van der Waals surface area contributed by atoms with E-state index in [1.165, 1.54) is 0 Å². The van der Waals surface area contributed by atoms with Crippen LogP contribution >= 0.6 is 0 Å². The Balaban J connectivity index is 1.75. The molecule has 1 aliphatic carbocycles. The van der Waals surface area contributed by atoms with Crippen LogP contribution in [-0.4, -0.2) is 65.8 Å². The molecule has 0 radical (unpaired) electrons. The molecule has 1 aliphatic heterocycles. The normalized spacial score (nSPS) is 28.9. The fraction of sp³-hybridized carbons (Fsp3) is 0.818. The molecule has 1 saturated heterocycles. The van der Waals surface area contributed by atoms with Crippen molar-refractivity contribution in [3.8, 4) is 0 Å². The molecular weight excluding hydrogens is 224 g/mol. The van der Waals surface area contributed by atoms with Crippen molar-refractivity contribution in [2.24, 2.45) is 5.92 Å². The van der Waals surface area contributed by atoms with Gasteiger partial charge in [-0.15, -0.1) is 0 Å². The topological polar surface area (TPSA) is 70.1 Å². The molecule has 96 valence electrons. The van der Waals surface area contributed by atoms with Crippen molar-refractivity contribution in [3.05, 3.63) is 0 Å². The van der Waals surface area contributed by atoms with Gasteiger partial charge in [-0.05, 0) is 13.3 Å². The van der Waals surface area contributed by atoms with Crippen LogP contribution in [0.1, 0.15) is 13.3 Å². The average molecular weight is 242 g/mol. The number of hydrogen-bond acceptors (Lipinski definition) is 4. The number of piperazine rings is 1. The van der Waals surface area contributed by atoms with Gasteiger partial charge in [0.25, 0.3) is 0 Å². The van der Waals surface area contributed by atoms with Crippen LogP contribution in [0, 0.1) is 5.92 Å². The van der Waals surface area contributed by atoms with Gasteiger partial charge in [-0.2, -0.15) is 0 Å². The second-order valence-electron chi connectivity index (χ2n) is 4.47. The lowest BCUT2D eigenvalue weighted by atomic mass is 10.3. The number of ether oxygens (including phenoxy) is 1. The van der Waals surface area contributed by atoms with E-state index >= 15 is 0 Å². The maximum absolute atomic E-state index is 11.5. The van der Waals surface area contributed by atoms with E-state index in [0.29, 0.717) is 19.7 Å². The quantitative estimate of drug-likeness (QED) is 0.767. The SMILES string of the molecule is CCOC(=O)N1CCN(C2CC2C(=O)O)CC1. The number of nitrogens with zero attached hydrogens (tertiary/aromatic N) is 2. The maximum Gasteiger partial charge on any atom is 0.409 e. The van der Waals surface area contributed by atoms with Crippen LogP contribution < -0.4 is 0 Å². The van der Waals surface area contributed by atoms with Crippen molar-refractivity contribution in [2.75, 3.05) is 32.8 Å². The first-order valence-electron chi connectivity index (χ1n) is 6.02. The highest BCUT2D eigenvalue weighted by molar-refractivity contribution is 5.74. The Morgan fingerprint density at radius 2 is 1.94 bits per heavy atom. The van der Waals surface area contributed by atoms with E-state index in [2.05, 4.69) is 4.90 Å². The molecule has 2 unspecified atom stereocenters. The molecule has 6 heteroatoms. The first kappa shape index (κ1) is 12.2. The zero-order valence-electron chi connectivity index (χ0n) is 9.96. The summed E-state index contributed by atoms with van der Waals surface area (Å²) >= 11 is 0. The molecular formula is C11H18N2O4. The summed E-state index contributed by atoms with van der Waals surface area (Å²) in [5, 5.41) is 8.85. The number of amides is 1. The summed E-state index contributed by atoms with van der Waals surface area (Å²) in [6.07, 6.45) is 0.479. The number of carboxylic acids is 1. The van der Waals surface area contributed by atoms with Crippen LogP contribution in [0.2, 0.25) is 0 Å². The highest BCUT2D eigenvalue weighted by atomic mass is 16.6. The van der Waals surface area contributed by atoms with Crippen molar-refractivity contribution in [2.45, 2.75) is 19.4 Å².